The summed E-state index contributed by atoms with van der Waals surface area (Å²) in [5, 5.41) is 1.90. The molecule has 0 bridgehead atoms. The first kappa shape index (κ1) is 28.6. The minimum absolute atomic E-state index is 0.229. The number of amides is 2. The van der Waals surface area contributed by atoms with Crippen molar-refractivity contribution in [2.24, 2.45) is 0 Å². The molecular weight excluding hydrogens is 529 g/mol. The predicted molar refractivity (Wildman–Crippen MR) is 98.9 cm³/mol. The Morgan fingerprint density at radius 2 is 1.28 bits per heavy atom. The maximum atomic E-state index is 13.4. The van der Waals surface area contributed by atoms with Gasteiger partial charge in [-0.2, -0.15) is 58.3 Å². The molecule has 2 rings (SSSR count). The van der Waals surface area contributed by atoms with Crippen LogP contribution >= 0.6 is 0 Å². The van der Waals surface area contributed by atoms with E-state index in [1.807, 2.05) is 5.32 Å². The summed E-state index contributed by atoms with van der Waals surface area (Å²) < 4.78 is 147. The fourth-order valence-corrected chi connectivity index (χ4v) is 2.27. The zero-order valence-corrected chi connectivity index (χ0v) is 17.5. The number of nitrogens with zero attached hydrogens (tertiary/aromatic N) is 3. The second-order valence-corrected chi connectivity index (χ2v) is 6.78. The van der Waals surface area contributed by atoms with Gasteiger partial charge in [-0.25, -0.2) is 4.79 Å². The van der Waals surface area contributed by atoms with Crippen molar-refractivity contribution in [2.45, 2.75) is 24.5 Å². The van der Waals surface area contributed by atoms with Crippen LogP contribution in [0.5, 0.6) is 11.8 Å². The van der Waals surface area contributed by atoms with Crippen LogP contribution in [-0.2, 0) is 5.92 Å². The molecule has 1 heterocycles. The van der Waals surface area contributed by atoms with Crippen LogP contribution in [0.3, 0.4) is 0 Å². The quantitative estimate of drug-likeness (QED) is 0.456. The number of aromatic nitrogens is 2. The number of anilines is 2. The molecular formula is C18H13F11N4O3. The third kappa shape index (κ3) is 7.98. The summed E-state index contributed by atoms with van der Waals surface area (Å²) in [4.78, 5) is 19.8. The average molecular weight is 542 g/mol. The molecule has 0 atom stereocenters. The highest BCUT2D eigenvalue weighted by Gasteiger charge is 2.58. The molecule has 2 aromatic rings. The molecule has 0 spiro atoms. The van der Waals surface area contributed by atoms with E-state index in [4.69, 9.17) is 0 Å². The van der Waals surface area contributed by atoms with Crippen molar-refractivity contribution < 1.29 is 62.6 Å². The van der Waals surface area contributed by atoms with Crippen LogP contribution < -0.4 is 19.7 Å². The van der Waals surface area contributed by atoms with Crippen LogP contribution in [0.2, 0.25) is 0 Å². The molecule has 1 aromatic heterocycles. The molecule has 0 unspecified atom stereocenters. The number of urea groups is 1. The Labute approximate surface area is 193 Å². The lowest BCUT2D eigenvalue weighted by Crippen LogP contribution is -2.34. The van der Waals surface area contributed by atoms with Gasteiger partial charge in [0.05, 0.1) is 6.07 Å². The lowest BCUT2D eigenvalue weighted by atomic mass is 10.1. The van der Waals surface area contributed by atoms with Gasteiger partial charge in [0.15, 0.2) is 13.2 Å². The van der Waals surface area contributed by atoms with Gasteiger partial charge >= 0.3 is 30.5 Å². The maximum absolute atomic E-state index is 13.4. The number of rotatable bonds is 7. The lowest BCUT2D eigenvalue weighted by molar-refractivity contribution is -0.289. The highest BCUT2D eigenvalue weighted by Crippen LogP contribution is 2.44. The molecule has 0 aliphatic rings. The Bertz CT molecular complexity index is 1020. The predicted octanol–water partition coefficient (Wildman–Crippen LogP) is 5.68. The zero-order chi connectivity index (χ0) is 27.5. The van der Waals surface area contributed by atoms with E-state index in [-0.39, 0.29) is 5.69 Å². The first-order chi connectivity index (χ1) is 16.3. The van der Waals surface area contributed by atoms with E-state index in [1.54, 1.807) is 0 Å². The second-order valence-electron chi connectivity index (χ2n) is 6.78. The van der Waals surface area contributed by atoms with Crippen molar-refractivity contribution in [3.8, 4) is 11.8 Å². The third-order valence-electron chi connectivity index (χ3n) is 3.94. The number of halogens is 11. The molecule has 7 nitrogen and oxygen atoms in total. The Kier molecular flexibility index (Phi) is 8.09. The van der Waals surface area contributed by atoms with E-state index in [0.29, 0.717) is 23.1 Å². The zero-order valence-electron chi connectivity index (χ0n) is 17.5. The summed E-state index contributed by atoms with van der Waals surface area (Å²) in [6.07, 6.45) is -15.6. The molecule has 18 heteroatoms. The van der Waals surface area contributed by atoms with Gasteiger partial charge in [-0.3, -0.25) is 10.2 Å². The molecule has 1 aromatic carbocycles. The van der Waals surface area contributed by atoms with Gasteiger partial charge < -0.3 is 9.47 Å². The summed E-state index contributed by atoms with van der Waals surface area (Å²) in [5.74, 6) is -7.89. The first-order valence-corrected chi connectivity index (χ1v) is 9.16. The number of hydrogen-bond acceptors (Lipinski definition) is 5. The number of benzene rings is 1. The van der Waals surface area contributed by atoms with Gasteiger partial charge in [-0.15, -0.1) is 0 Å². The van der Waals surface area contributed by atoms with Crippen molar-refractivity contribution >= 4 is 17.7 Å². The average Bonchev–Trinajstić information content (AvgIpc) is 2.74. The highest BCUT2D eigenvalue weighted by atomic mass is 19.4. The summed E-state index contributed by atoms with van der Waals surface area (Å²) in [7, 11) is 1.01. The third-order valence-corrected chi connectivity index (χ3v) is 3.94. The van der Waals surface area contributed by atoms with Gasteiger partial charge in [-0.05, 0) is 12.1 Å². The van der Waals surface area contributed by atoms with Crippen LogP contribution in [0.4, 0.5) is 64.7 Å². The van der Waals surface area contributed by atoms with Gasteiger partial charge in [0.25, 0.3) is 0 Å². The van der Waals surface area contributed by atoms with Crippen LogP contribution in [0.25, 0.3) is 0 Å². The molecule has 0 aliphatic heterocycles. The van der Waals surface area contributed by atoms with Crippen molar-refractivity contribution in [1.29, 1.82) is 0 Å². The molecule has 2 amide bonds. The molecule has 0 saturated heterocycles. The number of nitrogens with one attached hydrogen (secondary N) is 1. The van der Waals surface area contributed by atoms with E-state index >= 15 is 0 Å². The van der Waals surface area contributed by atoms with Gasteiger partial charge in [0, 0.05) is 18.3 Å². The second kappa shape index (κ2) is 10.2. The van der Waals surface area contributed by atoms with Gasteiger partial charge in [0.2, 0.25) is 17.7 Å². The fraction of sp³-hybridized carbons (Fsp3) is 0.389. The normalized spacial score (nSPS) is 12.8. The largest absolute Gasteiger partial charge is 0.468 e. The first-order valence-electron chi connectivity index (χ1n) is 9.16. The number of ether oxygens (including phenoxy) is 2. The molecule has 200 valence electrons. The number of hydrogen-bond donors (Lipinski definition) is 1. The van der Waals surface area contributed by atoms with Gasteiger partial charge in [-0.1, -0.05) is 12.1 Å². The van der Waals surface area contributed by atoms with E-state index in [9.17, 15) is 53.1 Å². The Hall–Kier alpha value is -3.60. The lowest BCUT2D eigenvalue weighted by Gasteiger charge is -2.22. The van der Waals surface area contributed by atoms with E-state index < -0.39 is 67.0 Å². The minimum atomic E-state index is -5.87. The highest BCUT2D eigenvalue weighted by molar-refractivity contribution is 6.00. The van der Waals surface area contributed by atoms with Gasteiger partial charge in [0.1, 0.15) is 0 Å². The van der Waals surface area contributed by atoms with E-state index in [1.165, 1.54) is 0 Å². The molecule has 36 heavy (non-hydrogen) atoms. The van der Waals surface area contributed by atoms with Crippen LogP contribution in [-0.4, -0.2) is 54.8 Å². The van der Waals surface area contributed by atoms with Crippen molar-refractivity contribution in [3.63, 3.8) is 0 Å². The summed E-state index contributed by atoms with van der Waals surface area (Å²) in [5.41, 5.74) is -1.65. The van der Waals surface area contributed by atoms with Crippen molar-refractivity contribution in [2.75, 3.05) is 30.5 Å². The summed E-state index contributed by atoms with van der Waals surface area (Å²) in [6, 6.07) is 1.55. The van der Waals surface area contributed by atoms with E-state index in [0.717, 1.165) is 19.2 Å². The minimum Gasteiger partial charge on any atom is -0.468 e. The topological polar surface area (TPSA) is 76.6 Å². The van der Waals surface area contributed by atoms with Crippen molar-refractivity contribution in [1.82, 2.24) is 9.97 Å². The Morgan fingerprint density at radius 1 is 0.833 bits per heavy atom. The molecule has 0 saturated carbocycles. The molecule has 0 aliphatic carbocycles. The number of carbonyl (C=O) groups excluding carboxylic acids is 1. The fourth-order valence-electron chi connectivity index (χ4n) is 2.27. The van der Waals surface area contributed by atoms with E-state index in [2.05, 4.69) is 19.4 Å². The number of alkyl halides is 11. The van der Waals surface area contributed by atoms with Crippen LogP contribution in [0.15, 0.2) is 30.3 Å². The number of carbonyl (C=O) groups is 1. The smallest absolute Gasteiger partial charge is 0.458 e. The Balaban J connectivity index is 2.23. The van der Waals surface area contributed by atoms with Crippen LogP contribution in [0.1, 0.15) is 5.56 Å². The molecule has 1 N–H and O–H groups in total. The summed E-state index contributed by atoms with van der Waals surface area (Å²) >= 11 is 0. The summed E-state index contributed by atoms with van der Waals surface area (Å²) in [6.45, 7) is -3.80. The van der Waals surface area contributed by atoms with Crippen molar-refractivity contribution in [3.05, 3.63) is 35.9 Å². The molecule has 0 radical (unpaired) electrons. The SMILES string of the molecule is CN(C(=O)Nc1nc(OCC(F)(F)F)cc(OCC(F)(F)F)n1)c1ccc(C(F)(F)C(F)(F)F)cc1. The Morgan fingerprint density at radius 3 is 1.67 bits per heavy atom. The van der Waals surface area contributed by atoms with Crippen LogP contribution in [0, 0.1) is 0 Å². The monoisotopic (exact) mass is 542 g/mol. The standard InChI is InChI=1S/C18H13F11N4O3/c1-33(10-4-2-9(3-5-10)17(25,26)18(27,28)29)14(34)32-13-30-11(35-7-15(19,20)21)6-12(31-13)36-8-16(22,23)24/h2-6H,7-8H2,1H3,(H,30,31,32,34). The molecule has 0 fully saturated rings. The maximum Gasteiger partial charge on any atom is 0.458 e.